The van der Waals surface area contributed by atoms with Crippen molar-refractivity contribution in [2.45, 2.75) is 25.2 Å². The third-order valence-corrected chi connectivity index (χ3v) is 7.08. The molecule has 1 fully saturated rings. The van der Waals surface area contributed by atoms with Gasteiger partial charge in [-0.1, -0.05) is 35.5 Å². The highest BCUT2D eigenvalue weighted by atomic mass is 32.2. The Balaban J connectivity index is 1.48. The van der Waals surface area contributed by atoms with E-state index in [4.69, 9.17) is 10.3 Å². The van der Waals surface area contributed by atoms with Crippen LogP contribution in [0.1, 0.15) is 36.0 Å². The molecule has 0 spiro atoms. The van der Waals surface area contributed by atoms with Crippen molar-refractivity contribution < 1.29 is 12.9 Å². The monoisotopic (exact) mass is 444 g/mol. The summed E-state index contributed by atoms with van der Waals surface area (Å²) in [5.41, 5.74) is 6.91. The van der Waals surface area contributed by atoms with Gasteiger partial charge in [-0.3, -0.25) is 0 Å². The largest absolute Gasteiger partial charge is 0.368 e. The molecule has 0 radical (unpaired) electrons. The lowest BCUT2D eigenvalue weighted by Gasteiger charge is -2.31. The summed E-state index contributed by atoms with van der Waals surface area (Å²) in [4.78, 5) is 17.2. The first-order chi connectivity index (χ1) is 14.8. The molecule has 1 aliphatic heterocycles. The predicted octanol–water partition coefficient (Wildman–Crippen LogP) is 1.08. The van der Waals surface area contributed by atoms with Gasteiger partial charge in [0.15, 0.2) is 0 Å². The highest BCUT2D eigenvalue weighted by Gasteiger charge is 2.32. The molecule has 2 aromatic heterocycles. The number of nitrogen functional groups attached to an aromatic ring is 1. The zero-order valence-electron chi connectivity index (χ0n) is 17.3. The molecule has 3 heterocycles. The van der Waals surface area contributed by atoms with Crippen molar-refractivity contribution in [3.63, 3.8) is 0 Å². The van der Waals surface area contributed by atoms with E-state index in [1.54, 1.807) is 0 Å². The van der Waals surface area contributed by atoms with Crippen molar-refractivity contribution >= 4 is 16.2 Å². The molecule has 1 aromatic carbocycles. The van der Waals surface area contributed by atoms with Crippen LogP contribution in [0, 0.1) is 0 Å². The van der Waals surface area contributed by atoms with Gasteiger partial charge in [0, 0.05) is 39.5 Å². The Bertz CT molecular complexity index is 1140. The summed E-state index contributed by atoms with van der Waals surface area (Å²) in [7, 11) is -0.368. The number of aromatic nitrogens is 5. The number of nitrogens with two attached hydrogens (primary N) is 1. The Labute approximate surface area is 180 Å². The van der Waals surface area contributed by atoms with E-state index in [0.717, 1.165) is 5.56 Å². The minimum absolute atomic E-state index is 0.0298. The number of piperidine rings is 1. The third-order valence-electron chi connectivity index (χ3n) is 5.14. The molecule has 164 valence electrons. The number of anilines is 1. The molecule has 12 heteroatoms. The lowest BCUT2D eigenvalue weighted by molar-refractivity contribution is 0.262. The summed E-state index contributed by atoms with van der Waals surface area (Å²) >= 11 is 0. The molecule has 2 N–H and O–H groups in total. The van der Waals surface area contributed by atoms with E-state index in [1.807, 2.05) is 30.3 Å². The quantitative estimate of drug-likeness (QED) is 0.590. The van der Waals surface area contributed by atoms with Crippen molar-refractivity contribution in [2.24, 2.45) is 0 Å². The highest BCUT2D eigenvalue weighted by Crippen LogP contribution is 2.29. The Morgan fingerprint density at radius 2 is 1.77 bits per heavy atom. The van der Waals surface area contributed by atoms with E-state index >= 15 is 0 Å². The molecule has 0 saturated carbocycles. The molecule has 0 amide bonds. The van der Waals surface area contributed by atoms with Crippen molar-refractivity contribution in [3.05, 3.63) is 47.6 Å². The average molecular weight is 445 g/mol. The first-order valence-corrected chi connectivity index (χ1v) is 11.3. The van der Waals surface area contributed by atoms with Gasteiger partial charge in [-0.2, -0.15) is 32.0 Å². The summed E-state index contributed by atoms with van der Waals surface area (Å²) in [5, 5.41) is 4.01. The number of rotatable bonds is 6. The molecule has 0 aliphatic carbocycles. The van der Waals surface area contributed by atoms with Gasteiger partial charge in [0.2, 0.25) is 23.5 Å². The Kier molecular flexibility index (Phi) is 5.94. The van der Waals surface area contributed by atoms with Crippen molar-refractivity contribution in [1.29, 1.82) is 0 Å². The smallest absolute Gasteiger partial charge is 0.281 e. The maximum Gasteiger partial charge on any atom is 0.281 e. The second-order valence-corrected chi connectivity index (χ2v) is 9.66. The van der Waals surface area contributed by atoms with Crippen LogP contribution >= 0.6 is 0 Å². The maximum absolute atomic E-state index is 12.3. The fraction of sp³-hybridized carbons (Fsp3) is 0.421. The Morgan fingerprint density at radius 1 is 1.06 bits per heavy atom. The Hall–Kier alpha value is -2.96. The van der Waals surface area contributed by atoms with Gasteiger partial charge in [0.25, 0.3) is 10.2 Å². The van der Waals surface area contributed by atoms with Gasteiger partial charge < -0.3 is 10.3 Å². The molecule has 1 saturated heterocycles. The van der Waals surface area contributed by atoms with Gasteiger partial charge in [-0.25, -0.2) is 4.98 Å². The first-order valence-electron chi connectivity index (χ1n) is 9.89. The topological polar surface area (TPSA) is 144 Å². The SMILES string of the molecule is CN(C)S(=O)(=O)N1CCC(c2nc(-c3nc(N)nc(Cc4ccccc4)n3)no2)CC1. The van der Waals surface area contributed by atoms with Crippen LogP contribution in [-0.4, -0.2) is 69.3 Å². The summed E-state index contributed by atoms with van der Waals surface area (Å²) in [6.07, 6.45) is 1.69. The minimum Gasteiger partial charge on any atom is -0.368 e. The fourth-order valence-corrected chi connectivity index (χ4v) is 4.59. The Morgan fingerprint density at radius 3 is 2.45 bits per heavy atom. The molecule has 1 aliphatic rings. The second kappa shape index (κ2) is 8.65. The maximum atomic E-state index is 12.3. The van der Waals surface area contributed by atoms with Gasteiger partial charge in [-0.05, 0) is 18.4 Å². The predicted molar refractivity (Wildman–Crippen MR) is 113 cm³/mol. The lowest BCUT2D eigenvalue weighted by atomic mass is 9.98. The molecule has 0 unspecified atom stereocenters. The second-order valence-electron chi connectivity index (χ2n) is 7.52. The van der Waals surface area contributed by atoms with Crippen LogP contribution in [0.25, 0.3) is 11.6 Å². The minimum atomic E-state index is -3.42. The number of nitrogens with zero attached hydrogens (tertiary/aromatic N) is 7. The molecule has 31 heavy (non-hydrogen) atoms. The third kappa shape index (κ3) is 4.70. The number of hydrogen-bond donors (Lipinski definition) is 1. The zero-order valence-corrected chi connectivity index (χ0v) is 18.2. The van der Waals surface area contributed by atoms with Gasteiger partial charge in [-0.15, -0.1) is 0 Å². The van der Waals surface area contributed by atoms with E-state index in [9.17, 15) is 8.42 Å². The van der Waals surface area contributed by atoms with Crippen LogP contribution < -0.4 is 5.73 Å². The first kappa shape index (κ1) is 21.3. The molecular formula is C19H24N8O3S. The highest BCUT2D eigenvalue weighted by molar-refractivity contribution is 7.86. The summed E-state index contributed by atoms with van der Waals surface area (Å²) in [6.45, 7) is 0.783. The van der Waals surface area contributed by atoms with Crippen LogP contribution in [0.15, 0.2) is 34.9 Å². The fourth-order valence-electron chi connectivity index (χ4n) is 3.45. The normalized spacial score (nSPS) is 16.1. The van der Waals surface area contributed by atoms with E-state index in [-0.39, 0.29) is 23.5 Å². The average Bonchev–Trinajstić information content (AvgIpc) is 3.24. The molecular weight excluding hydrogens is 420 g/mol. The van der Waals surface area contributed by atoms with Gasteiger partial charge in [0.1, 0.15) is 5.82 Å². The van der Waals surface area contributed by atoms with E-state index < -0.39 is 10.2 Å². The van der Waals surface area contributed by atoms with Crippen LogP contribution in [0.2, 0.25) is 0 Å². The molecule has 0 atom stereocenters. The number of benzene rings is 1. The van der Waals surface area contributed by atoms with Crippen LogP contribution in [0.5, 0.6) is 0 Å². The van der Waals surface area contributed by atoms with E-state index in [0.29, 0.717) is 44.1 Å². The van der Waals surface area contributed by atoms with E-state index in [2.05, 4.69) is 25.1 Å². The molecule has 11 nitrogen and oxygen atoms in total. The van der Waals surface area contributed by atoms with Crippen LogP contribution in [0.4, 0.5) is 5.95 Å². The summed E-state index contributed by atoms with van der Waals surface area (Å²) in [5.74, 6) is 1.51. The molecule has 0 bridgehead atoms. The van der Waals surface area contributed by atoms with Gasteiger partial charge in [0.05, 0.1) is 0 Å². The standard InChI is InChI=1S/C19H24N8O3S/c1-26(2)31(28,29)27-10-8-14(9-11-27)18-23-17(25-30-18)16-21-15(22-19(20)24-16)12-13-6-4-3-5-7-13/h3-7,14H,8-12H2,1-2H3,(H2,20,21,22,24). The molecule has 3 aromatic rings. The van der Waals surface area contributed by atoms with Crippen LogP contribution in [-0.2, 0) is 16.6 Å². The van der Waals surface area contributed by atoms with E-state index in [1.165, 1.54) is 22.7 Å². The number of hydrogen-bond acceptors (Lipinski definition) is 9. The van der Waals surface area contributed by atoms with Crippen molar-refractivity contribution in [1.82, 2.24) is 33.7 Å². The van der Waals surface area contributed by atoms with Crippen molar-refractivity contribution in [3.8, 4) is 11.6 Å². The summed E-state index contributed by atoms with van der Waals surface area (Å²) in [6, 6.07) is 9.80. The van der Waals surface area contributed by atoms with Gasteiger partial charge >= 0.3 is 0 Å². The van der Waals surface area contributed by atoms with Crippen molar-refractivity contribution in [2.75, 3.05) is 32.9 Å². The lowest BCUT2D eigenvalue weighted by Crippen LogP contribution is -2.44. The molecule has 4 rings (SSSR count). The van der Waals surface area contributed by atoms with Crippen LogP contribution in [0.3, 0.4) is 0 Å². The summed E-state index contributed by atoms with van der Waals surface area (Å²) < 4.78 is 32.7. The zero-order chi connectivity index (χ0) is 22.0.